The number of nitrogens with zero attached hydrogens (tertiary/aromatic N) is 2. The Morgan fingerprint density at radius 1 is 1.10 bits per heavy atom. The number of rotatable bonds is 9. The standard InChI is InChI=1S/C24H35N3O2.HI/c1-3-25-24(27-15-12-23(13-16-27)29-18-6-17-28-2)26-14-11-20-9-10-21-7-4-5-8-22(21)19-20;/h4-5,7-10,19,23H,3,6,11-18H2,1-2H3,(H,25,26);1H. The number of hydrogen-bond donors (Lipinski definition) is 1. The summed E-state index contributed by atoms with van der Waals surface area (Å²) in [5.74, 6) is 1.03. The molecule has 2 aromatic rings. The second-order valence-corrected chi connectivity index (χ2v) is 7.57. The number of nitrogens with one attached hydrogen (secondary N) is 1. The molecule has 3 rings (SSSR count). The molecule has 0 aromatic heterocycles. The minimum Gasteiger partial charge on any atom is -0.385 e. The molecule has 0 unspecified atom stereocenters. The smallest absolute Gasteiger partial charge is 0.193 e. The molecule has 0 bridgehead atoms. The molecule has 5 nitrogen and oxygen atoms in total. The number of guanidine groups is 1. The van der Waals surface area contributed by atoms with Gasteiger partial charge in [-0.3, -0.25) is 4.99 Å². The Labute approximate surface area is 198 Å². The van der Waals surface area contributed by atoms with E-state index in [-0.39, 0.29) is 24.0 Å². The maximum atomic E-state index is 5.98. The highest BCUT2D eigenvalue weighted by Gasteiger charge is 2.21. The molecule has 1 aliphatic heterocycles. The highest BCUT2D eigenvalue weighted by Crippen LogP contribution is 2.17. The average molecular weight is 525 g/mol. The van der Waals surface area contributed by atoms with Gasteiger partial charge in [-0.05, 0) is 48.9 Å². The van der Waals surface area contributed by atoms with Crippen molar-refractivity contribution in [1.29, 1.82) is 0 Å². The van der Waals surface area contributed by atoms with Crippen molar-refractivity contribution in [2.75, 3.05) is 46.5 Å². The van der Waals surface area contributed by atoms with Crippen LogP contribution in [0.4, 0.5) is 0 Å². The molecule has 6 heteroatoms. The van der Waals surface area contributed by atoms with Gasteiger partial charge in [-0.1, -0.05) is 42.5 Å². The van der Waals surface area contributed by atoms with Gasteiger partial charge >= 0.3 is 0 Å². The second-order valence-electron chi connectivity index (χ2n) is 7.57. The zero-order valence-electron chi connectivity index (χ0n) is 18.3. The van der Waals surface area contributed by atoms with E-state index in [0.717, 1.165) is 71.0 Å². The molecule has 0 amide bonds. The van der Waals surface area contributed by atoms with E-state index >= 15 is 0 Å². The highest BCUT2D eigenvalue weighted by atomic mass is 127. The van der Waals surface area contributed by atoms with Crippen LogP contribution in [-0.2, 0) is 15.9 Å². The minimum atomic E-state index is 0. The monoisotopic (exact) mass is 525 g/mol. The molecule has 1 N–H and O–H groups in total. The Morgan fingerprint density at radius 3 is 2.60 bits per heavy atom. The fourth-order valence-electron chi connectivity index (χ4n) is 3.80. The average Bonchev–Trinajstić information content (AvgIpc) is 2.76. The zero-order chi connectivity index (χ0) is 20.3. The summed E-state index contributed by atoms with van der Waals surface area (Å²) in [6.45, 7) is 7.38. The van der Waals surface area contributed by atoms with E-state index in [1.54, 1.807) is 7.11 Å². The predicted octanol–water partition coefficient (Wildman–Crippen LogP) is 4.48. The van der Waals surface area contributed by atoms with Gasteiger partial charge in [0.25, 0.3) is 0 Å². The first-order valence-electron chi connectivity index (χ1n) is 10.9. The van der Waals surface area contributed by atoms with Crippen LogP contribution in [0, 0.1) is 0 Å². The SMILES string of the molecule is CCNC(=NCCc1ccc2ccccc2c1)N1CCC(OCCCOC)CC1.I. The maximum absolute atomic E-state index is 5.98. The van der Waals surface area contributed by atoms with E-state index in [1.165, 1.54) is 16.3 Å². The zero-order valence-corrected chi connectivity index (χ0v) is 20.6. The number of benzene rings is 2. The van der Waals surface area contributed by atoms with Gasteiger partial charge in [-0.15, -0.1) is 24.0 Å². The Kier molecular flexibility index (Phi) is 11.5. The molecule has 0 radical (unpaired) electrons. The molecule has 0 spiro atoms. The first kappa shape index (κ1) is 24.9. The van der Waals surface area contributed by atoms with Crippen LogP contribution in [0.2, 0.25) is 0 Å². The molecule has 0 atom stereocenters. The lowest BCUT2D eigenvalue weighted by atomic mass is 10.1. The Balaban J connectivity index is 0.00000320. The molecular formula is C24H36IN3O2. The number of likely N-dealkylation sites (tertiary alicyclic amines) is 1. The van der Waals surface area contributed by atoms with E-state index in [4.69, 9.17) is 14.5 Å². The Morgan fingerprint density at radius 2 is 1.87 bits per heavy atom. The summed E-state index contributed by atoms with van der Waals surface area (Å²) in [7, 11) is 1.74. The number of fused-ring (bicyclic) bond motifs is 1. The fraction of sp³-hybridized carbons (Fsp3) is 0.542. The quantitative estimate of drug-likeness (QED) is 0.227. The van der Waals surface area contributed by atoms with Crippen LogP contribution in [0.25, 0.3) is 10.8 Å². The molecule has 1 heterocycles. The third-order valence-corrected chi connectivity index (χ3v) is 5.40. The normalized spacial score (nSPS) is 15.3. The molecule has 30 heavy (non-hydrogen) atoms. The third-order valence-electron chi connectivity index (χ3n) is 5.40. The van der Waals surface area contributed by atoms with Gasteiger partial charge in [-0.25, -0.2) is 0 Å². The van der Waals surface area contributed by atoms with Crippen molar-refractivity contribution < 1.29 is 9.47 Å². The van der Waals surface area contributed by atoms with Crippen molar-refractivity contribution in [3.05, 3.63) is 48.0 Å². The molecular weight excluding hydrogens is 489 g/mol. The highest BCUT2D eigenvalue weighted by molar-refractivity contribution is 14.0. The molecule has 1 aliphatic rings. The largest absolute Gasteiger partial charge is 0.385 e. The summed E-state index contributed by atoms with van der Waals surface area (Å²) in [5.41, 5.74) is 1.34. The van der Waals surface area contributed by atoms with Crippen LogP contribution < -0.4 is 5.32 Å². The fourth-order valence-corrected chi connectivity index (χ4v) is 3.80. The number of aliphatic imine (C=N–C) groups is 1. The Hall–Kier alpha value is -1.38. The van der Waals surface area contributed by atoms with Crippen molar-refractivity contribution in [3.63, 3.8) is 0 Å². The van der Waals surface area contributed by atoms with Gasteiger partial charge in [0.2, 0.25) is 0 Å². The van der Waals surface area contributed by atoms with Gasteiger partial charge in [0.1, 0.15) is 0 Å². The number of halogens is 1. The van der Waals surface area contributed by atoms with Crippen LogP contribution in [0.5, 0.6) is 0 Å². The van der Waals surface area contributed by atoms with Crippen LogP contribution >= 0.6 is 24.0 Å². The van der Waals surface area contributed by atoms with Crippen LogP contribution in [-0.4, -0.2) is 63.5 Å². The van der Waals surface area contributed by atoms with Gasteiger partial charge < -0.3 is 19.7 Å². The van der Waals surface area contributed by atoms with Crippen molar-refractivity contribution in [2.24, 2.45) is 4.99 Å². The number of hydrogen-bond acceptors (Lipinski definition) is 3. The number of ether oxygens (including phenoxy) is 2. The lowest BCUT2D eigenvalue weighted by molar-refractivity contribution is 0.00991. The molecule has 166 valence electrons. The summed E-state index contributed by atoms with van der Waals surface area (Å²) in [6.07, 6.45) is 4.40. The molecule has 1 fully saturated rings. The number of piperidine rings is 1. The van der Waals surface area contributed by atoms with Gasteiger partial charge in [0.05, 0.1) is 6.10 Å². The van der Waals surface area contributed by atoms with E-state index < -0.39 is 0 Å². The number of methoxy groups -OCH3 is 1. The molecule has 0 aliphatic carbocycles. The van der Waals surface area contributed by atoms with Crippen molar-refractivity contribution >= 4 is 40.7 Å². The van der Waals surface area contributed by atoms with Crippen molar-refractivity contribution in [1.82, 2.24) is 10.2 Å². The van der Waals surface area contributed by atoms with Crippen molar-refractivity contribution in [2.45, 2.75) is 38.7 Å². The van der Waals surface area contributed by atoms with Crippen LogP contribution in [0.1, 0.15) is 31.7 Å². The van der Waals surface area contributed by atoms with Crippen molar-refractivity contribution in [3.8, 4) is 0 Å². The lowest BCUT2D eigenvalue weighted by Crippen LogP contribution is -2.47. The van der Waals surface area contributed by atoms with Gasteiger partial charge in [0, 0.05) is 46.5 Å². The summed E-state index contributed by atoms with van der Waals surface area (Å²) in [4.78, 5) is 7.27. The van der Waals surface area contributed by atoms with E-state index in [9.17, 15) is 0 Å². The van der Waals surface area contributed by atoms with Crippen LogP contribution in [0.15, 0.2) is 47.5 Å². The maximum Gasteiger partial charge on any atom is 0.193 e. The molecule has 1 saturated heterocycles. The minimum absolute atomic E-state index is 0. The topological polar surface area (TPSA) is 46.1 Å². The van der Waals surface area contributed by atoms with Gasteiger partial charge in [-0.2, -0.15) is 0 Å². The summed E-state index contributed by atoms with van der Waals surface area (Å²) >= 11 is 0. The van der Waals surface area contributed by atoms with Crippen LogP contribution in [0.3, 0.4) is 0 Å². The first-order valence-corrected chi connectivity index (χ1v) is 10.9. The van der Waals surface area contributed by atoms with Gasteiger partial charge in [0.15, 0.2) is 5.96 Å². The van der Waals surface area contributed by atoms with E-state index in [0.29, 0.717) is 6.10 Å². The first-order chi connectivity index (χ1) is 14.3. The lowest BCUT2D eigenvalue weighted by Gasteiger charge is -2.34. The summed E-state index contributed by atoms with van der Waals surface area (Å²) < 4.78 is 11.1. The van der Waals surface area contributed by atoms with E-state index in [2.05, 4.69) is 59.6 Å². The Bertz CT molecular complexity index is 776. The van der Waals surface area contributed by atoms with E-state index in [1.807, 2.05) is 0 Å². The molecule has 0 saturated carbocycles. The molecule has 2 aromatic carbocycles. The second kappa shape index (κ2) is 13.8. The summed E-state index contributed by atoms with van der Waals surface area (Å²) in [6, 6.07) is 15.2. The predicted molar refractivity (Wildman–Crippen MR) is 136 cm³/mol. The third kappa shape index (κ3) is 7.71. The summed E-state index contributed by atoms with van der Waals surface area (Å²) in [5, 5.41) is 6.05.